The number of benzene rings is 1. The molecule has 0 bridgehead atoms. The van der Waals surface area contributed by atoms with Crippen molar-refractivity contribution in [2.45, 2.75) is 85.4 Å². The van der Waals surface area contributed by atoms with Gasteiger partial charge < -0.3 is 10.2 Å². The zero-order valence-electron chi connectivity index (χ0n) is 25.5. The van der Waals surface area contributed by atoms with Crippen molar-refractivity contribution >= 4 is 23.5 Å². The molecule has 1 aromatic rings. The van der Waals surface area contributed by atoms with Crippen LogP contribution in [0.3, 0.4) is 0 Å². The number of nitriles is 1. The van der Waals surface area contributed by atoms with Crippen molar-refractivity contribution in [1.82, 2.24) is 15.1 Å². The van der Waals surface area contributed by atoms with Gasteiger partial charge >= 0.3 is 12.2 Å². The lowest BCUT2D eigenvalue weighted by Gasteiger charge is -2.38. The van der Waals surface area contributed by atoms with E-state index >= 15 is 0 Å². The van der Waals surface area contributed by atoms with Crippen molar-refractivity contribution in [3.05, 3.63) is 40.5 Å². The molecule has 42 heavy (non-hydrogen) atoms. The van der Waals surface area contributed by atoms with Crippen molar-refractivity contribution in [1.29, 1.82) is 5.26 Å². The van der Waals surface area contributed by atoms with Gasteiger partial charge in [-0.1, -0.05) is 27.2 Å². The molecular formula is C31H42F3N5O3. The van der Waals surface area contributed by atoms with E-state index in [1.165, 1.54) is 19.1 Å². The van der Waals surface area contributed by atoms with E-state index in [2.05, 4.69) is 31.0 Å². The second-order valence-electron chi connectivity index (χ2n) is 13.1. The monoisotopic (exact) mass is 589 g/mol. The molecule has 2 aliphatic rings. The van der Waals surface area contributed by atoms with Crippen LogP contribution >= 0.6 is 0 Å². The number of rotatable bonds is 9. The Bertz CT molecular complexity index is 1270. The molecule has 1 saturated heterocycles. The highest BCUT2D eigenvalue weighted by Gasteiger charge is 2.39. The molecule has 0 unspecified atom stereocenters. The van der Waals surface area contributed by atoms with Crippen molar-refractivity contribution in [2.75, 3.05) is 37.6 Å². The smallest absolute Gasteiger partial charge is 0.333 e. The quantitative estimate of drug-likeness (QED) is 0.287. The second kappa shape index (κ2) is 12.9. The van der Waals surface area contributed by atoms with Gasteiger partial charge in [0.1, 0.15) is 0 Å². The summed E-state index contributed by atoms with van der Waals surface area (Å²) in [5, 5.41) is 12.2. The fraction of sp³-hybridized carbons (Fsp3) is 0.613. The maximum atomic E-state index is 13.4. The van der Waals surface area contributed by atoms with Gasteiger partial charge in [-0.05, 0) is 76.6 Å². The van der Waals surface area contributed by atoms with Crippen LogP contribution in [0.1, 0.15) is 84.8 Å². The third-order valence-corrected chi connectivity index (χ3v) is 7.60. The second-order valence-corrected chi connectivity index (χ2v) is 13.1. The molecule has 4 amide bonds. The van der Waals surface area contributed by atoms with Crippen LogP contribution in [0, 0.1) is 16.7 Å². The fourth-order valence-corrected chi connectivity index (χ4v) is 5.94. The summed E-state index contributed by atoms with van der Waals surface area (Å²) in [5.41, 5.74) is -1.59. The Morgan fingerprint density at radius 1 is 0.976 bits per heavy atom. The summed E-state index contributed by atoms with van der Waals surface area (Å²) >= 11 is 0. The molecule has 2 heterocycles. The molecule has 1 fully saturated rings. The van der Waals surface area contributed by atoms with Gasteiger partial charge in [0, 0.05) is 42.9 Å². The first-order valence-corrected chi connectivity index (χ1v) is 14.4. The summed E-state index contributed by atoms with van der Waals surface area (Å²) in [6.07, 6.45) is -1.21. The van der Waals surface area contributed by atoms with Crippen molar-refractivity contribution in [2.24, 2.45) is 5.41 Å². The molecule has 0 aromatic heterocycles. The lowest BCUT2D eigenvalue weighted by molar-refractivity contribution is -0.138. The summed E-state index contributed by atoms with van der Waals surface area (Å²) < 4.78 is 40.2. The molecule has 0 atom stereocenters. The molecule has 11 heteroatoms. The van der Waals surface area contributed by atoms with Gasteiger partial charge in [0.25, 0.3) is 11.8 Å². The third-order valence-electron chi connectivity index (χ3n) is 7.60. The lowest BCUT2D eigenvalue weighted by Crippen LogP contribution is -2.56. The van der Waals surface area contributed by atoms with E-state index in [1.807, 2.05) is 18.7 Å². The molecule has 0 spiro atoms. The Hall–Kier alpha value is -3.39. The lowest BCUT2D eigenvalue weighted by atomic mass is 9.82. The summed E-state index contributed by atoms with van der Waals surface area (Å²) in [7, 11) is 0. The SMILES string of the molecule is CC1=C(CCCCCN2CCN(C(=O)NC(C)(C)CC(C)(C)C)CC2)C(=O)N(c2ccc(C#N)c(C(F)(F)F)c2)C1=O. The minimum Gasteiger partial charge on any atom is -0.333 e. The van der Waals surface area contributed by atoms with Crippen molar-refractivity contribution in [3.8, 4) is 6.07 Å². The Balaban J connectivity index is 1.45. The van der Waals surface area contributed by atoms with Gasteiger partial charge in [0.05, 0.1) is 22.9 Å². The van der Waals surface area contributed by atoms with Crippen LogP contribution in [0.25, 0.3) is 0 Å². The molecule has 0 radical (unpaired) electrons. The van der Waals surface area contributed by atoms with Crippen LogP contribution in [0.15, 0.2) is 29.3 Å². The van der Waals surface area contributed by atoms with Crippen LogP contribution in [-0.4, -0.2) is 65.9 Å². The third kappa shape index (κ3) is 8.34. The number of alkyl halides is 3. The summed E-state index contributed by atoms with van der Waals surface area (Å²) in [4.78, 5) is 43.6. The highest BCUT2D eigenvalue weighted by atomic mass is 19.4. The Labute approximate surface area is 246 Å². The Morgan fingerprint density at radius 3 is 2.19 bits per heavy atom. The van der Waals surface area contributed by atoms with Gasteiger partial charge in [-0.2, -0.15) is 18.4 Å². The highest BCUT2D eigenvalue weighted by Crippen LogP contribution is 2.37. The number of imide groups is 1. The molecule has 2 aliphatic heterocycles. The maximum Gasteiger partial charge on any atom is 0.417 e. The predicted molar refractivity (Wildman–Crippen MR) is 155 cm³/mol. The molecular weight excluding hydrogens is 547 g/mol. The fourth-order valence-electron chi connectivity index (χ4n) is 5.94. The first-order valence-electron chi connectivity index (χ1n) is 14.4. The zero-order chi connectivity index (χ0) is 31.5. The van der Waals surface area contributed by atoms with Crippen molar-refractivity contribution < 1.29 is 27.6 Å². The standard InChI is InChI=1S/C31H42F3N5O3/c1-21-24(27(41)39(26(21)40)23-12-11-22(19-35)25(18-23)31(32,33)34)10-8-7-9-13-37-14-16-38(17-15-37)28(42)36-30(5,6)20-29(2,3)4/h11-12,18H,7-10,13-17,20H2,1-6H3,(H,36,42). The average Bonchev–Trinajstić information content (AvgIpc) is 3.09. The molecule has 0 aliphatic carbocycles. The number of piperazine rings is 1. The van der Waals surface area contributed by atoms with E-state index in [1.54, 1.807) is 0 Å². The Morgan fingerprint density at radius 2 is 1.62 bits per heavy atom. The first kappa shape index (κ1) is 33.1. The predicted octanol–water partition coefficient (Wildman–Crippen LogP) is 5.87. The van der Waals surface area contributed by atoms with E-state index in [4.69, 9.17) is 5.26 Å². The summed E-state index contributed by atoms with van der Waals surface area (Å²) in [5.74, 6) is -1.26. The molecule has 8 nitrogen and oxygen atoms in total. The number of amides is 4. The number of unbranched alkanes of at least 4 members (excludes halogenated alkanes) is 2. The van der Waals surface area contributed by atoms with Crippen LogP contribution in [-0.2, 0) is 15.8 Å². The average molecular weight is 590 g/mol. The highest BCUT2D eigenvalue weighted by molar-refractivity contribution is 6.32. The van der Waals surface area contributed by atoms with Crippen LogP contribution in [0.2, 0.25) is 0 Å². The number of halogens is 3. The molecule has 0 saturated carbocycles. The van der Waals surface area contributed by atoms with E-state index in [0.717, 1.165) is 49.9 Å². The largest absolute Gasteiger partial charge is 0.417 e. The number of urea groups is 1. The minimum atomic E-state index is -4.79. The number of nitrogens with one attached hydrogen (secondary N) is 1. The number of hydrogen-bond acceptors (Lipinski definition) is 5. The van der Waals surface area contributed by atoms with Crippen LogP contribution in [0.4, 0.5) is 23.7 Å². The van der Waals surface area contributed by atoms with Crippen molar-refractivity contribution in [3.63, 3.8) is 0 Å². The van der Waals surface area contributed by atoms with Crippen LogP contribution in [0.5, 0.6) is 0 Å². The molecule has 230 valence electrons. The number of carbonyl (C=O) groups is 3. The van der Waals surface area contributed by atoms with E-state index in [-0.39, 0.29) is 28.2 Å². The van der Waals surface area contributed by atoms with Gasteiger partial charge in [-0.15, -0.1) is 0 Å². The van der Waals surface area contributed by atoms with E-state index < -0.39 is 29.1 Å². The van der Waals surface area contributed by atoms with E-state index in [0.29, 0.717) is 37.6 Å². The minimum absolute atomic E-state index is 0.0343. The Kier molecular flexibility index (Phi) is 10.1. The topological polar surface area (TPSA) is 96.8 Å². The number of hydrogen-bond donors (Lipinski definition) is 1. The van der Waals surface area contributed by atoms with Gasteiger partial charge in [-0.3, -0.25) is 14.5 Å². The first-order chi connectivity index (χ1) is 19.4. The van der Waals surface area contributed by atoms with E-state index in [9.17, 15) is 27.6 Å². The van der Waals surface area contributed by atoms with Crippen LogP contribution < -0.4 is 10.2 Å². The molecule has 1 N–H and O–H groups in total. The number of nitrogens with zero attached hydrogens (tertiary/aromatic N) is 4. The van der Waals surface area contributed by atoms with Gasteiger partial charge in [-0.25, -0.2) is 9.69 Å². The molecule has 1 aromatic carbocycles. The van der Waals surface area contributed by atoms with Gasteiger partial charge in [0.2, 0.25) is 0 Å². The zero-order valence-corrected chi connectivity index (χ0v) is 25.5. The summed E-state index contributed by atoms with van der Waals surface area (Å²) in [6, 6.07) is 4.32. The maximum absolute atomic E-state index is 13.4. The van der Waals surface area contributed by atoms with Gasteiger partial charge in [0.15, 0.2) is 0 Å². The number of anilines is 1. The number of carbonyl (C=O) groups excluding carboxylic acids is 3. The normalized spacial score (nSPS) is 17.2. The molecule has 3 rings (SSSR count). The summed E-state index contributed by atoms with van der Waals surface area (Å²) in [6.45, 7) is 15.8.